The summed E-state index contributed by atoms with van der Waals surface area (Å²) in [7, 11) is -4.48. The molecule has 0 unspecified atom stereocenters. The highest BCUT2D eigenvalue weighted by atomic mass is 32.2. The Labute approximate surface area is 169 Å². The number of pyridine rings is 2. The summed E-state index contributed by atoms with van der Waals surface area (Å²) in [5, 5.41) is 1.46. The van der Waals surface area contributed by atoms with Crippen LogP contribution in [0.1, 0.15) is 11.1 Å². The van der Waals surface area contributed by atoms with Crippen LogP contribution in [0.3, 0.4) is 0 Å². The summed E-state index contributed by atoms with van der Waals surface area (Å²) < 4.78 is 33.1. The molecule has 0 aliphatic rings. The van der Waals surface area contributed by atoms with Gasteiger partial charge in [0.15, 0.2) is 10.9 Å². The molecule has 5 aromatic rings. The van der Waals surface area contributed by atoms with Gasteiger partial charge in [0.1, 0.15) is 0 Å². The number of H-pyrrole nitrogens is 2. The smallest absolute Gasteiger partial charge is 0.294 e. The van der Waals surface area contributed by atoms with Gasteiger partial charge in [0, 0.05) is 27.1 Å². The monoisotopic (exact) mass is 420 g/mol. The fourth-order valence-electron chi connectivity index (χ4n) is 4.04. The fourth-order valence-corrected chi connectivity index (χ4v) is 4.84. The molecule has 0 atom stereocenters. The minimum Gasteiger partial charge on any atom is -0.354 e. The van der Waals surface area contributed by atoms with Crippen molar-refractivity contribution in [2.24, 2.45) is 0 Å². The SMILES string of the molecule is Cc1c(S(=O)(=O)O)cc2c(=O)c3cc4[nH]c5ccccc5c(=O)c4cc3[nH]c2c1C. The topological polar surface area (TPSA) is 120 Å². The van der Waals surface area contributed by atoms with Crippen LogP contribution in [0.25, 0.3) is 43.6 Å². The van der Waals surface area contributed by atoms with Crippen LogP contribution in [-0.2, 0) is 10.1 Å². The third-order valence-electron chi connectivity index (χ3n) is 5.72. The number of para-hydroxylation sites is 1. The fraction of sp³-hybridized carbons (Fsp3) is 0.0909. The first-order valence-corrected chi connectivity index (χ1v) is 10.6. The predicted molar refractivity (Wildman–Crippen MR) is 117 cm³/mol. The Kier molecular flexibility index (Phi) is 3.71. The Morgan fingerprint density at radius 2 is 1.33 bits per heavy atom. The lowest BCUT2D eigenvalue weighted by Gasteiger charge is -2.12. The van der Waals surface area contributed by atoms with E-state index in [1.807, 2.05) is 6.07 Å². The zero-order valence-corrected chi connectivity index (χ0v) is 16.8. The van der Waals surface area contributed by atoms with Crippen molar-refractivity contribution in [1.82, 2.24) is 9.97 Å². The first-order valence-electron chi connectivity index (χ1n) is 9.19. The van der Waals surface area contributed by atoms with Crippen molar-refractivity contribution in [3.63, 3.8) is 0 Å². The van der Waals surface area contributed by atoms with E-state index in [0.717, 1.165) is 0 Å². The van der Waals surface area contributed by atoms with Gasteiger partial charge in [-0.15, -0.1) is 0 Å². The van der Waals surface area contributed by atoms with Crippen LogP contribution in [0.15, 0.2) is 56.9 Å². The highest BCUT2D eigenvalue weighted by molar-refractivity contribution is 7.85. The van der Waals surface area contributed by atoms with Crippen molar-refractivity contribution in [3.05, 3.63) is 74.0 Å². The van der Waals surface area contributed by atoms with Gasteiger partial charge in [0.2, 0.25) is 0 Å². The first kappa shape index (κ1) is 18.5. The van der Waals surface area contributed by atoms with Crippen LogP contribution in [0, 0.1) is 13.8 Å². The number of nitrogens with one attached hydrogen (secondary N) is 2. The standard InChI is InChI=1S/C22H16N2O5S/c1-10-11(2)20-15(9-19(10)30(27,28)29)22(26)14-7-17-13(8-18(14)24-20)21(25)12-5-3-4-6-16(12)23-17/h3-9H,1-2H3,(H,23,25)(H,24,26)(H,27,28,29). The molecule has 0 saturated carbocycles. The summed E-state index contributed by atoms with van der Waals surface area (Å²) in [6, 6.07) is 11.6. The van der Waals surface area contributed by atoms with Gasteiger partial charge in [-0.05, 0) is 55.3 Å². The maximum atomic E-state index is 13.2. The van der Waals surface area contributed by atoms with Crippen LogP contribution in [-0.4, -0.2) is 22.9 Å². The number of rotatable bonds is 1. The lowest BCUT2D eigenvalue weighted by Crippen LogP contribution is -2.11. The molecule has 3 aromatic carbocycles. The van der Waals surface area contributed by atoms with Crippen LogP contribution in [0.4, 0.5) is 0 Å². The van der Waals surface area contributed by atoms with E-state index >= 15 is 0 Å². The van der Waals surface area contributed by atoms with Crippen LogP contribution in [0.5, 0.6) is 0 Å². The summed E-state index contributed by atoms with van der Waals surface area (Å²) in [4.78, 5) is 32.3. The molecule has 5 rings (SSSR count). The second kappa shape index (κ2) is 6.01. The minimum absolute atomic E-state index is 0.142. The first-order chi connectivity index (χ1) is 14.2. The molecule has 30 heavy (non-hydrogen) atoms. The average Bonchev–Trinajstić information content (AvgIpc) is 2.70. The van der Waals surface area contributed by atoms with Gasteiger partial charge in [-0.25, -0.2) is 0 Å². The molecule has 0 amide bonds. The van der Waals surface area contributed by atoms with E-state index in [0.29, 0.717) is 49.4 Å². The number of aromatic amines is 2. The molecule has 0 radical (unpaired) electrons. The molecule has 8 heteroatoms. The summed E-state index contributed by atoms with van der Waals surface area (Å²) in [6.07, 6.45) is 0. The van der Waals surface area contributed by atoms with Crippen molar-refractivity contribution >= 4 is 53.7 Å². The van der Waals surface area contributed by atoms with Crippen LogP contribution in [0.2, 0.25) is 0 Å². The molecule has 0 fully saturated rings. The number of fused-ring (bicyclic) bond motifs is 4. The molecule has 2 heterocycles. The van der Waals surface area contributed by atoms with Crippen LogP contribution < -0.4 is 10.9 Å². The van der Waals surface area contributed by atoms with E-state index in [2.05, 4.69) is 9.97 Å². The third kappa shape index (κ3) is 2.51. The van der Waals surface area contributed by atoms with Gasteiger partial charge in [-0.3, -0.25) is 14.1 Å². The van der Waals surface area contributed by atoms with E-state index in [9.17, 15) is 22.6 Å². The molecule has 150 valence electrons. The van der Waals surface area contributed by atoms with Crippen molar-refractivity contribution in [3.8, 4) is 0 Å². The lowest BCUT2D eigenvalue weighted by molar-refractivity contribution is 0.482. The highest BCUT2D eigenvalue weighted by Crippen LogP contribution is 2.28. The van der Waals surface area contributed by atoms with E-state index in [-0.39, 0.29) is 21.1 Å². The highest BCUT2D eigenvalue weighted by Gasteiger charge is 2.20. The molecule has 3 N–H and O–H groups in total. The number of benzene rings is 3. The molecule has 7 nitrogen and oxygen atoms in total. The maximum Gasteiger partial charge on any atom is 0.294 e. The second-order valence-electron chi connectivity index (χ2n) is 7.42. The Hall–Kier alpha value is -3.49. The number of aromatic nitrogens is 2. The second-order valence-corrected chi connectivity index (χ2v) is 8.81. The molecule has 0 saturated heterocycles. The Balaban J connectivity index is 2.00. The van der Waals surface area contributed by atoms with E-state index in [1.54, 1.807) is 44.2 Å². The van der Waals surface area contributed by atoms with Crippen molar-refractivity contribution in [2.75, 3.05) is 0 Å². The maximum absolute atomic E-state index is 13.2. The summed E-state index contributed by atoms with van der Waals surface area (Å²) in [5.41, 5.74) is 2.47. The lowest BCUT2D eigenvalue weighted by atomic mass is 10.0. The zero-order valence-electron chi connectivity index (χ0n) is 16.0. The van der Waals surface area contributed by atoms with Gasteiger partial charge in [0.25, 0.3) is 10.1 Å². The number of hydrogen-bond acceptors (Lipinski definition) is 4. The normalized spacial score (nSPS) is 12.4. The van der Waals surface area contributed by atoms with Gasteiger partial charge in [-0.1, -0.05) is 12.1 Å². The predicted octanol–water partition coefficient (Wildman–Crippen LogP) is 3.54. The summed E-state index contributed by atoms with van der Waals surface area (Å²) in [5.74, 6) is 0. The number of hydrogen-bond donors (Lipinski definition) is 3. The molecular formula is C22H16N2O5S. The molecule has 0 aliphatic carbocycles. The summed E-state index contributed by atoms with van der Waals surface area (Å²) >= 11 is 0. The number of aryl methyl sites for hydroxylation is 1. The molecule has 0 aliphatic heterocycles. The third-order valence-corrected chi connectivity index (χ3v) is 6.70. The Morgan fingerprint density at radius 1 is 0.733 bits per heavy atom. The van der Waals surface area contributed by atoms with Crippen molar-refractivity contribution < 1.29 is 13.0 Å². The molecule has 2 aromatic heterocycles. The Bertz CT molecular complexity index is 1780. The van der Waals surface area contributed by atoms with E-state index < -0.39 is 10.1 Å². The van der Waals surface area contributed by atoms with Crippen molar-refractivity contribution in [2.45, 2.75) is 18.7 Å². The van der Waals surface area contributed by atoms with E-state index in [1.165, 1.54) is 6.07 Å². The van der Waals surface area contributed by atoms with Crippen molar-refractivity contribution in [1.29, 1.82) is 0 Å². The largest absolute Gasteiger partial charge is 0.354 e. The Morgan fingerprint density at radius 3 is 2.00 bits per heavy atom. The molecule has 0 bridgehead atoms. The van der Waals surface area contributed by atoms with E-state index in [4.69, 9.17) is 0 Å². The quantitative estimate of drug-likeness (QED) is 0.283. The zero-order chi connectivity index (χ0) is 21.4. The van der Waals surface area contributed by atoms with Gasteiger partial charge >= 0.3 is 0 Å². The molecule has 0 spiro atoms. The van der Waals surface area contributed by atoms with Gasteiger partial charge in [-0.2, -0.15) is 8.42 Å². The van der Waals surface area contributed by atoms with Crippen LogP contribution >= 0.6 is 0 Å². The van der Waals surface area contributed by atoms with Gasteiger partial charge < -0.3 is 9.97 Å². The summed E-state index contributed by atoms with van der Waals surface area (Å²) in [6.45, 7) is 3.24. The average molecular weight is 420 g/mol. The van der Waals surface area contributed by atoms with Gasteiger partial charge in [0.05, 0.1) is 21.4 Å². The minimum atomic E-state index is -4.48. The molecular weight excluding hydrogens is 404 g/mol.